The third-order valence-corrected chi connectivity index (χ3v) is 4.71. The summed E-state index contributed by atoms with van der Waals surface area (Å²) in [5.41, 5.74) is 17.8. The maximum atomic E-state index is 8.03. The number of unbranched alkanes of at least 4 members (excludes halogenated alkanes) is 4. The molecular formula is C16H29N11S3. The summed E-state index contributed by atoms with van der Waals surface area (Å²) < 4.78 is 0. The number of nitrogens with one attached hydrogen (secondary N) is 1. The number of hydrazine groups is 1. The standard InChI is InChI=1S/C8H12N6S2.C6H8N2.CH5N3S.CH4/c9-7-13-11-5(15-7)3-1-2-4-6-12-14-8(10)16-6;7-5-3-1-2-4-6-8;2-1(5)4-3;/h1-4H2,(H2,9,13)(H2,10,14);1-4H2;3H2,(H3,2,4,5);1H4. The van der Waals surface area contributed by atoms with E-state index in [2.05, 4.69) is 38.5 Å². The van der Waals surface area contributed by atoms with Crippen LogP contribution in [0.3, 0.4) is 0 Å². The van der Waals surface area contributed by atoms with Crippen LogP contribution >= 0.6 is 34.9 Å². The quantitative estimate of drug-likeness (QED) is 0.162. The minimum absolute atomic E-state index is 0. The van der Waals surface area contributed by atoms with Crippen LogP contribution in [0.15, 0.2) is 0 Å². The molecule has 2 heterocycles. The summed E-state index contributed by atoms with van der Waals surface area (Å²) in [5, 5.41) is 34.7. The second-order valence-corrected chi connectivity index (χ2v) is 7.93. The molecule has 0 amide bonds. The Morgan fingerprint density at radius 1 is 0.867 bits per heavy atom. The first-order valence-corrected chi connectivity index (χ1v) is 10.6. The van der Waals surface area contributed by atoms with Crippen molar-refractivity contribution < 1.29 is 0 Å². The molecule has 0 aliphatic heterocycles. The van der Waals surface area contributed by atoms with Gasteiger partial charge in [-0.15, -0.1) is 20.4 Å². The number of hydrogen-bond donors (Lipinski definition) is 5. The van der Waals surface area contributed by atoms with E-state index in [0.29, 0.717) is 23.1 Å². The predicted molar refractivity (Wildman–Crippen MR) is 126 cm³/mol. The highest BCUT2D eigenvalue weighted by Crippen LogP contribution is 2.16. The maximum Gasteiger partial charge on any atom is 0.203 e. The molecule has 2 rings (SSSR count). The Labute approximate surface area is 190 Å². The first-order valence-electron chi connectivity index (χ1n) is 8.58. The average molecular weight is 472 g/mol. The molecule has 14 heteroatoms. The van der Waals surface area contributed by atoms with Gasteiger partial charge < -0.3 is 22.6 Å². The minimum Gasteiger partial charge on any atom is -0.375 e. The number of anilines is 2. The number of nitrogen functional groups attached to an aromatic ring is 2. The summed E-state index contributed by atoms with van der Waals surface area (Å²) in [4.78, 5) is 0. The molecule has 30 heavy (non-hydrogen) atoms. The van der Waals surface area contributed by atoms with Crippen molar-refractivity contribution >= 4 is 50.3 Å². The van der Waals surface area contributed by atoms with Gasteiger partial charge in [0.2, 0.25) is 10.3 Å². The zero-order valence-corrected chi connectivity index (χ0v) is 18.3. The van der Waals surface area contributed by atoms with Gasteiger partial charge >= 0.3 is 0 Å². The molecule has 0 aliphatic rings. The molecular weight excluding hydrogens is 442 g/mol. The van der Waals surface area contributed by atoms with Crippen LogP contribution in [0.1, 0.15) is 56.0 Å². The Morgan fingerprint density at radius 3 is 1.47 bits per heavy atom. The fraction of sp³-hybridized carbons (Fsp3) is 0.562. The van der Waals surface area contributed by atoms with Crippen LogP contribution < -0.4 is 28.5 Å². The van der Waals surface area contributed by atoms with Crippen LogP contribution in [0.2, 0.25) is 0 Å². The van der Waals surface area contributed by atoms with E-state index in [1.54, 1.807) is 0 Å². The van der Waals surface area contributed by atoms with E-state index in [9.17, 15) is 0 Å². The molecule has 0 aromatic carbocycles. The van der Waals surface area contributed by atoms with Crippen LogP contribution in [0.4, 0.5) is 10.3 Å². The summed E-state index contributed by atoms with van der Waals surface area (Å²) in [6, 6.07) is 4.03. The number of nitriles is 2. The Kier molecular flexibility index (Phi) is 19.4. The molecule has 0 saturated carbocycles. The van der Waals surface area contributed by atoms with E-state index in [0.717, 1.165) is 48.5 Å². The lowest BCUT2D eigenvalue weighted by Gasteiger charge is -1.94. The minimum atomic E-state index is 0. The summed E-state index contributed by atoms with van der Waals surface area (Å²) in [5.74, 6) is 4.66. The number of aryl methyl sites for hydroxylation is 2. The predicted octanol–water partition coefficient (Wildman–Crippen LogP) is 2.04. The number of nitrogens with zero attached hydrogens (tertiary/aromatic N) is 6. The maximum absolute atomic E-state index is 8.03. The zero-order chi connectivity index (χ0) is 21.9. The Bertz CT molecular complexity index is 718. The van der Waals surface area contributed by atoms with Crippen molar-refractivity contribution in [1.82, 2.24) is 25.8 Å². The summed E-state index contributed by atoms with van der Waals surface area (Å²) in [6.45, 7) is 0. The smallest absolute Gasteiger partial charge is 0.203 e. The van der Waals surface area contributed by atoms with Crippen LogP contribution in [-0.4, -0.2) is 25.5 Å². The van der Waals surface area contributed by atoms with E-state index in [-0.39, 0.29) is 12.5 Å². The van der Waals surface area contributed by atoms with E-state index < -0.39 is 0 Å². The molecule has 9 N–H and O–H groups in total. The molecule has 11 nitrogen and oxygen atoms in total. The molecule has 0 bridgehead atoms. The zero-order valence-electron chi connectivity index (χ0n) is 15.9. The van der Waals surface area contributed by atoms with Crippen LogP contribution in [-0.2, 0) is 12.8 Å². The lowest BCUT2D eigenvalue weighted by molar-refractivity contribution is 0.718. The van der Waals surface area contributed by atoms with E-state index in [1.807, 2.05) is 17.6 Å². The molecule has 0 unspecified atom stereocenters. The highest BCUT2D eigenvalue weighted by atomic mass is 32.1. The number of aromatic nitrogens is 4. The SMILES string of the molecule is C.N#CCCCCC#N.NNC(N)=S.Nc1nnc(CCCCc2nnc(N)s2)s1. The second-order valence-electron chi connectivity index (χ2n) is 5.31. The number of thiocarbonyl (C=S) groups is 1. The molecule has 166 valence electrons. The van der Waals surface area contributed by atoms with Crippen molar-refractivity contribution in [3.63, 3.8) is 0 Å². The van der Waals surface area contributed by atoms with Gasteiger partial charge in [-0.25, -0.2) is 5.84 Å². The average Bonchev–Trinajstić information content (AvgIpc) is 3.31. The van der Waals surface area contributed by atoms with Gasteiger partial charge in [0.25, 0.3) is 0 Å². The highest BCUT2D eigenvalue weighted by Gasteiger charge is 2.03. The lowest BCUT2D eigenvalue weighted by Crippen LogP contribution is -2.34. The van der Waals surface area contributed by atoms with Gasteiger partial charge in [-0.1, -0.05) is 30.1 Å². The first kappa shape index (κ1) is 29.6. The lowest BCUT2D eigenvalue weighted by atomic mass is 10.2. The van der Waals surface area contributed by atoms with Crippen molar-refractivity contribution in [1.29, 1.82) is 10.5 Å². The third kappa shape index (κ3) is 17.4. The van der Waals surface area contributed by atoms with Gasteiger partial charge in [0.15, 0.2) is 5.11 Å². The molecule has 2 aromatic rings. The van der Waals surface area contributed by atoms with E-state index in [1.165, 1.54) is 22.7 Å². The molecule has 0 spiro atoms. The Morgan fingerprint density at radius 2 is 1.23 bits per heavy atom. The third-order valence-electron chi connectivity index (χ3n) is 2.97. The van der Waals surface area contributed by atoms with Gasteiger partial charge in [-0.3, -0.25) is 0 Å². The Balaban J connectivity index is 0. The number of rotatable bonds is 8. The van der Waals surface area contributed by atoms with E-state index >= 15 is 0 Å². The number of hydrogen-bond acceptors (Lipinski definition) is 12. The van der Waals surface area contributed by atoms with Gasteiger partial charge in [0.1, 0.15) is 10.0 Å². The molecule has 0 saturated heterocycles. The number of nitrogens with two attached hydrogens (primary N) is 4. The van der Waals surface area contributed by atoms with Crippen LogP contribution in [0.5, 0.6) is 0 Å². The highest BCUT2D eigenvalue weighted by molar-refractivity contribution is 7.80. The van der Waals surface area contributed by atoms with Crippen molar-refractivity contribution in [3.05, 3.63) is 10.0 Å². The van der Waals surface area contributed by atoms with Crippen molar-refractivity contribution in [2.24, 2.45) is 11.6 Å². The van der Waals surface area contributed by atoms with Crippen molar-refractivity contribution in [3.8, 4) is 12.1 Å². The molecule has 0 atom stereocenters. The molecule has 0 radical (unpaired) electrons. The summed E-state index contributed by atoms with van der Waals surface area (Å²) in [6.07, 6.45) is 6.84. The Hall–Kier alpha value is -2.65. The van der Waals surface area contributed by atoms with Gasteiger partial charge in [0.05, 0.1) is 12.1 Å². The fourth-order valence-corrected chi connectivity index (χ4v) is 3.00. The van der Waals surface area contributed by atoms with Crippen molar-refractivity contribution in [2.75, 3.05) is 11.5 Å². The first-order chi connectivity index (χ1) is 13.9. The normalized spacial score (nSPS) is 8.77. The summed E-state index contributed by atoms with van der Waals surface area (Å²) >= 11 is 7.14. The monoisotopic (exact) mass is 471 g/mol. The largest absolute Gasteiger partial charge is 0.375 e. The van der Waals surface area contributed by atoms with Gasteiger partial charge in [-0.2, -0.15) is 10.5 Å². The van der Waals surface area contributed by atoms with Crippen LogP contribution in [0, 0.1) is 22.7 Å². The molecule has 0 aliphatic carbocycles. The topological polar surface area (TPSA) is 215 Å². The van der Waals surface area contributed by atoms with Gasteiger partial charge in [-0.05, 0) is 37.9 Å². The van der Waals surface area contributed by atoms with E-state index in [4.69, 9.17) is 27.7 Å². The van der Waals surface area contributed by atoms with Gasteiger partial charge in [0, 0.05) is 25.7 Å². The van der Waals surface area contributed by atoms with Crippen molar-refractivity contribution in [2.45, 2.75) is 58.8 Å². The van der Waals surface area contributed by atoms with Crippen LogP contribution in [0.25, 0.3) is 0 Å². The second kappa shape index (κ2) is 19.7. The molecule has 0 fully saturated rings. The fourth-order valence-electron chi connectivity index (χ4n) is 1.70. The molecule has 2 aromatic heterocycles. The summed E-state index contributed by atoms with van der Waals surface area (Å²) in [7, 11) is 0.